The molecular weight excluding hydrogens is 360 g/mol. The monoisotopic (exact) mass is 376 g/mol. The van der Waals surface area contributed by atoms with Crippen LogP contribution in [0.25, 0.3) is 22.3 Å². The van der Waals surface area contributed by atoms with Gasteiger partial charge in [-0.2, -0.15) is 0 Å². The van der Waals surface area contributed by atoms with Gasteiger partial charge in [0.05, 0.1) is 38.8 Å². The quantitative estimate of drug-likeness (QED) is 0.666. The SMILES string of the molecule is COc1ccc(-c2cc(=O)c3c(Cl)cc(OC)c(OC)c3o2)cc1OC. The minimum absolute atomic E-state index is 0.217. The molecule has 0 unspecified atom stereocenters. The number of ether oxygens (including phenoxy) is 4. The molecule has 0 N–H and O–H groups in total. The topological polar surface area (TPSA) is 67.1 Å². The fraction of sp³-hybridized carbons (Fsp3) is 0.211. The predicted molar refractivity (Wildman–Crippen MR) is 99.1 cm³/mol. The first kappa shape index (κ1) is 17.9. The van der Waals surface area contributed by atoms with Crippen molar-refractivity contribution in [1.29, 1.82) is 0 Å². The van der Waals surface area contributed by atoms with E-state index in [1.54, 1.807) is 25.3 Å². The van der Waals surface area contributed by atoms with Gasteiger partial charge in [0.15, 0.2) is 28.3 Å². The van der Waals surface area contributed by atoms with Crippen LogP contribution in [-0.2, 0) is 0 Å². The van der Waals surface area contributed by atoms with Crippen LogP contribution in [0.3, 0.4) is 0 Å². The largest absolute Gasteiger partial charge is 0.493 e. The number of methoxy groups -OCH3 is 4. The third kappa shape index (κ3) is 2.93. The molecule has 0 amide bonds. The van der Waals surface area contributed by atoms with Gasteiger partial charge in [-0.3, -0.25) is 4.79 Å². The van der Waals surface area contributed by atoms with E-state index in [0.29, 0.717) is 34.3 Å². The third-order valence-electron chi connectivity index (χ3n) is 3.97. The van der Waals surface area contributed by atoms with Gasteiger partial charge in [0.2, 0.25) is 5.75 Å². The zero-order valence-corrected chi connectivity index (χ0v) is 15.5. The molecule has 6 nitrogen and oxygen atoms in total. The highest BCUT2D eigenvalue weighted by atomic mass is 35.5. The summed E-state index contributed by atoms with van der Waals surface area (Å²) < 4.78 is 27.1. The standard InChI is InChI=1S/C19H17ClO6/c1-22-13-6-5-10(7-15(13)23-2)14-9-12(21)17-11(20)8-16(24-3)18(25-4)19(17)26-14/h5-9H,1-4H3. The molecule has 0 atom stereocenters. The average Bonchev–Trinajstić information content (AvgIpc) is 2.66. The van der Waals surface area contributed by atoms with Gasteiger partial charge in [0, 0.05) is 17.7 Å². The van der Waals surface area contributed by atoms with Gasteiger partial charge in [-0.05, 0) is 18.2 Å². The van der Waals surface area contributed by atoms with Crippen molar-refractivity contribution in [1.82, 2.24) is 0 Å². The van der Waals surface area contributed by atoms with Gasteiger partial charge in [-0.1, -0.05) is 11.6 Å². The number of halogens is 1. The highest BCUT2D eigenvalue weighted by molar-refractivity contribution is 6.35. The van der Waals surface area contributed by atoms with E-state index in [1.165, 1.54) is 33.5 Å². The van der Waals surface area contributed by atoms with E-state index in [9.17, 15) is 4.79 Å². The highest BCUT2D eigenvalue weighted by Crippen LogP contribution is 2.40. The Morgan fingerprint density at radius 1 is 0.846 bits per heavy atom. The highest BCUT2D eigenvalue weighted by Gasteiger charge is 2.19. The number of hydrogen-bond donors (Lipinski definition) is 0. The van der Waals surface area contributed by atoms with E-state index < -0.39 is 0 Å². The third-order valence-corrected chi connectivity index (χ3v) is 4.26. The maximum absolute atomic E-state index is 12.6. The minimum Gasteiger partial charge on any atom is -0.493 e. The van der Waals surface area contributed by atoms with E-state index in [0.717, 1.165) is 0 Å². The normalized spacial score (nSPS) is 10.7. The van der Waals surface area contributed by atoms with Crippen LogP contribution < -0.4 is 24.4 Å². The van der Waals surface area contributed by atoms with E-state index >= 15 is 0 Å². The second kappa shape index (κ2) is 7.17. The molecule has 0 radical (unpaired) electrons. The summed E-state index contributed by atoms with van der Waals surface area (Å²) in [4.78, 5) is 12.6. The molecule has 7 heteroatoms. The maximum atomic E-state index is 12.6. The summed E-state index contributed by atoms with van der Waals surface area (Å²) in [5.74, 6) is 2.10. The number of rotatable bonds is 5. The molecule has 0 aliphatic carbocycles. The molecule has 0 saturated carbocycles. The lowest BCUT2D eigenvalue weighted by molar-refractivity contribution is 0.353. The fourth-order valence-corrected chi connectivity index (χ4v) is 3.00. The van der Waals surface area contributed by atoms with Crippen molar-refractivity contribution in [2.24, 2.45) is 0 Å². The molecule has 0 aliphatic heterocycles. The van der Waals surface area contributed by atoms with Crippen molar-refractivity contribution in [3.8, 4) is 34.3 Å². The smallest absolute Gasteiger partial charge is 0.204 e. The molecule has 3 aromatic rings. The maximum Gasteiger partial charge on any atom is 0.204 e. The van der Waals surface area contributed by atoms with Gasteiger partial charge in [-0.15, -0.1) is 0 Å². The summed E-state index contributed by atoms with van der Waals surface area (Å²) in [5.41, 5.74) is 0.568. The van der Waals surface area contributed by atoms with E-state index in [4.69, 9.17) is 35.0 Å². The Hall–Kier alpha value is -2.86. The first-order chi connectivity index (χ1) is 12.5. The Balaban J connectivity index is 2.31. The van der Waals surface area contributed by atoms with Gasteiger partial charge in [0.1, 0.15) is 5.76 Å². The molecule has 0 bridgehead atoms. The first-order valence-electron chi connectivity index (χ1n) is 7.64. The fourth-order valence-electron chi connectivity index (χ4n) is 2.72. The lowest BCUT2D eigenvalue weighted by atomic mass is 10.1. The van der Waals surface area contributed by atoms with Crippen molar-refractivity contribution in [2.45, 2.75) is 0 Å². The molecule has 136 valence electrons. The van der Waals surface area contributed by atoms with E-state index in [-0.39, 0.29) is 21.4 Å². The van der Waals surface area contributed by atoms with Crippen molar-refractivity contribution in [3.05, 3.63) is 45.6 Å². The molecular formula is C19H17ClO6. The molecule has 0 saturated heterocycles. The summed E-state index contributed by atoms with van der Waals surface area (Å²) in [6.45, 7) is 0. The van der Waals surface area contributed by atoms with Crippen molar-refractivity contribution >= 4 is 22.6 Å². The second-order valence-corrected chi connectivity index (χ2v) is 5.75. The molecule has 1 aromatic heterocycles. The van der Waals surface area contributed by atoms with Gasteiger partial charge < -0.3 is 23.4 Å². The van der Waals surface area contributed by atoms with Crippen LogP contribution in [0.15, 0.2) is 39.5 Å². The molecule has 1 heterocycles. The van der Waals surface area contributed by atoms with Crippen LogP contribution in [0.4, 0.5) is 0 Å². The molecule has 0 aliphatic rings. The van der Waals surface area contributed by atoms with Crippen molar-refractivity contribution in [2.75, 3.05) is 28.4 Å². The summed E-state index contributed by atoms with van der Waals surface area (Å²) >= 11 is 6.23. The Labute approximate surface area is 154 Å². The lowest BCUT2D eigenvalue weighted by Crippen LogP contribution is -2.03. The number of fused-ring (bicyclic) bond motifs is 1. The Morgan fingerprint density at radius 2 is 1.54 bits per heavy atom. The predicted octanol–water partition coefficient (Wildman–Crippen LogP) is 4.15. The second-order valence-electron chi connectivity index (χ2n) is 5.34. The van der Waals surface area contributed by atoms with Crippen LogP contribution in [0.5, 0.6) is 23.0 Å². The van der Waals surface area contributed by atoms with Crippen LogP contribution in [0.2, 0.25) is 5.02 Å². The Bertz CT molecular complexity index is 1020. The van der Waals surface area contributed by atoms with E-state index in [2.05, 4.69) is 0 Å². The van der Waals surface area contributed by atoms with Gasteiger partial charge >= 0.3 is 0 Å². The van der Waals surface area contributed by atoms with Crippen LogP contribution >= 0.6 is 11.6 Å². The number of benzene rings is 2. The summed E-state index contributed by atoms with van der Waals surface area (Å²) in [6.07, 6.45) is 0. The van der Waals surface area contributed by atoms with E-state index in [1.807, 2.05) is 0 Å². The molecule has 0 spiro atoms. The van der Waals surface area contributed by atoms with Crippen LogP contribution in [0, 0.1) is 0 Å². The van der Waals surface area contributed by atoms with Gasteiger partial charge in [-0.25, -0.2) is 0 Å². The minimum atomic E-state index is -0.290. The molecule has 26 heavy (non-hydrogen) atoms. The Morgan fingerprint density at radius 3 is 2.15 bits per heavy atom. The zero-order chi connectivity index (χ0) is 18.8. The van der Waals surface area contributed by atoms with Gasteiger partial charge in [0.25, 0.3) is 0 Å². The summed E-state index contributed by atoms with van der Waals surface area (Å²) in [7, 11) is 6.03. The summed E-state index contributed by atoms with van der Waals surface area (Å²) in [5, 5.41) is 0.457. The van der Waals surface area contributed by atoms with Crippen LogP contribution in [0.1, 0.15) is 0 Å². The zero-order valence-electron chi connectivity index (χ0n) is 14.7. The van der Waals surface area contributed by atoms with Crippen molar-refractivity contribution < 1.29 is 23.4 Å². The average molecular weight is 377 g/mol. The van der Waals surface area contributed by atoms with Crippen molar-refractivity contribution in [3.63, 3.8) is 0 Å². The summed E-state index contributed by atoms with van der Waals surface area (Å²) in [6, 6.07) is 8.11. The number of hydrogen-bond acceptors (Lipinski definition) is 6. The van der Waals surface area contributed by atoms with Crippen LogP contribution in [-0.4, -0.2) is 28.4 Å². The first-order valence-corrected chi connectivity index (χ1v) is 8.02. The molecule has 2 aromatic carbocycles. The molecule has 3 rings (SSSR count). The Kier molecular flexibility index (Phi) is 4.95. The lowest BCUT2D eigenvalue weighted by Gasteiger charge is -2.13. The molecule has 0 fully saturated rings.